The number of benzene rings is 2. The fourth-order valence-electron chi connectivity index (χ4n) is 3.81. The van der Waals surface area contributed by atoms with Gasteiger partial charge in [0.15, 0.2) is 11.5 Å². The lowest BCUT2D eigenvalue weighted by atomic mass is 10.0. The minimum absolute atomic E-state index is 0.107. The van der Waals surface area contributed by atoms with Crippen molar-refractivity contribution in [3.05, 3.63) is 59.2 Å². The molecule has 0 aromatic heterocycles. The molecule has 0 aliphatic carbocycles. The average Bonchev–Trinajstić information content (AvgIpc) is 3.13. The van der Waals surface area contributed by atoms with Crippen molar-refractivity contribution in [2.24, 2.45) is 0 Å². The molecule has 4 rings (SSSR count). The summed E-state index contributed by atoms with van der Waals surface area (Å²) in [6.07, 6.45) is 2.88. The van der Waals surface area contributed by atoms with E-state index in [9.17, 15) is 4.79 Å². The molecule has 1 amide bonds. The summed E-state index contributed by atoms with van der Waals surface area (Å²) < 4.78 is 11.5. The highest BCUT2D eigenvalue weighted by molar-refractivity contribution is 7.99. The van der Waals surface area contributed by atoms with Gasteiger partial charge in [0.25, 0.3) is 0 Å². The topological polar surface area (TPSA) is 62.6 Å². The molecule has 2 heterocycles. The van der Waals surface area contributed by atoms with E-state index in [1.807, 2.05) is 41.3 Å². The molecule has 2 aromatic rings. The maximum absolute atomic E-state index is 12.9. The maximum atomic E-state index is 12.9. The van der Waals surface area contributed by atoms with Crippen LogP contribution in [0.25, 0.3) is 0 Å². The van der Waals surface area contributed by atoms with Crippen molar-refractivity contribution < 1.29 is 14.3 Å². The molecule has 6 heteroatoms. The summed E-state index contributed by atoms with van der Waals surface area (Å²) in [5.41, 5.74) is 2.91. The number of amides is 1. The molecular formula is C23H24N2O3S. The van der Waals surface area contributed by atoms with E-state index >= 15 is 0 Å². The van der Waals surface area contributed by atoms with Gasteiger partial charge in [-0.2, -0.15) is 5.26 Å². The van der Waals surface area contributed by atoms with Gasteiger partial charge in [-0.3, -0.25) is 4.79 Å². The predicted octanol–water partition coefficient (Wildman–Crippen LogP) is 4.32. The van der Waals surface area contributed by atoms with Gasteiger partial charge >= 0.3 is 0 Å². The van der Waals surface area contributed by atoms with Crippen LogP contribution in [0.15, 0.2) is 42.5 Å². The fourth-order valence-corrected chi connectivity index (χ4v) is 4.68. The highest BCUT2D eigenvalue weighted by atomic mass is 32.2. The van der Waals surface area contributed by atoms with Crippen LogP contribution in [0.1, 0.15) is 42.0 Å². The molecule has 0 spiro atoms. The molecule has 29 heavy (non-hydrogen) atoms. The molecule has 0 bridgehead atoms. The second-order valence-corrected chi connectivity index (χ2v) is 8.29. The van der Waals surface area contributed by atoms with E-state index in [-0.39, 0.29) is 11.9 Å². The van der Waals surface area contributed by atoms with Gasteiger partial charge in [-0.1, -0.05) is 18.2 Å². The number of hydrogen-bond donors (Lipinski definition) is 0. The number of rotatable bonds is 5. The van der Waals surface area contributed by atoms with Crippen LogP contribution in [-0.4, -0.2) is 36.3 Å². The number of carbonyl (C=O) groups excluding carboxylic acids is 1. The summed E-state index contributed by atoms with van der Waals surface area (Å²) in [7, 11) is 0. The summed E-state index contributed by atoms with van der Waals surface area (Å²) in [6, 6.07) is 15.8. The standard InChI is InChI=1S/C23H24N2O3S/c24-14-17-4-6-18(7-5-17)15-29-16-23(26)25-10-1-3-20(25)19-8-9-21-22(13-19)28-12-2-11-27-21/h4-9,13,20H,1-3,10-12,15-16H2/t20-/m0/s1. The third kappa shape index (κ3) is 4.68. The normalized spacial score (nSPS) is 18.2. The second kappa shape index (κ2) is 9.23. The summed E-state index contributed by atoms with van der Waals surface area (Å²) in [4.78, 5) is 14.9. The predicted molar refractivity (Wildman–Crippen MR) is 113 cm³/mol. The average molecular weight is 409 g/mol. The molecule has 0 radical (unpaired) electrons. The lowest BCUT2D eigenvalue weighted by Gasteiger charge is -2.25. The number of likely N-dealkylation sites (tertiary alicyclic amines) is 1. The number of thioether (sulfide) groups is 1. The molecule has 2 aliphatic heterocycles. The molecular weight excluding hydrogens is 384 g/mol. The Labute approximate surface area is 175 Å². The first kappa shape index (κ1) is 19.7. The summed E-state index contributed by atoms with van der Waals surface area (Å²) >= 11 is 1.62. The van der Waals surface area contributed by atoms with Crippen LogP contribution in [0.4, 0.5) is 0 Å². The first-order valence-corrected chi connectivity index (χ1v) is 11.2. The van der Waals surface area contributed by atoms with Gasteiger partial charge in [0.2, 0.25) is 5.91 Å². The molecule has 150 valence electrons. The van der Waals surface area contributed by atoms with E-state index in [1.54, 1.807) is 11.8 Å². The number of fused-ring (bicyclic) bond motifs is 1. The molecule has 1 atom stereocenters. The van der Waals surface area contributed by atoms with E-state index < -0.39 is 0 Å². The minimum atomic E-state index is 0.107. The van der Waals surface area contributed by atoms with E-state index in [4.69, 9.17) is 14.7 Å². The number of carbonyl (C=O) groups is 1. The highest BCUT2D eigenvalue weighted by Crippen LogP contribution is 2.38. The summed E-state index contributed by atoms with van der Waals surface area (Å²) in [5.74, 6) is 2.98. The van der Waals surface area contributed by atoms with Crippen LogP contribution < -0.4 is 9.47 Å². The van der Waals surface area contributed by atoms with Gasteiger partial charge in [-0.05, 0) is 48.2 Å². The van der Waals surface area contributed by atoms with Gasteiger partial charge < -0.3 is 14.4 Å². The fraction of sp³-hybridized carbons (Fsp3) is 0.391. The molecule has 0 unspecified atom stereocenters. The Kier molecular flexibility index (Phi) is 6.26. The summed E-state index contributed by atoms with van der Waals surface area (Å²) in [6.45, 7) is 2.14. The van der Waals surface area contributed by atoms with Gasteiger partial charge in [-0.15, -0.1) is 11.8 Å². The largest absolute Gasteiger partial charge is 0.490 e. The number of nitriles is 1. The van der Waals surface area contributed by atoms with Crippen LogP contribution in [0.2, 0.25) is 0 Å². The highest BCUT2D eigenvalue weighted by Gasteiger charge is 2.30. The van der Waals surface area contributed by atoms with Crippen LogP contribution in [0.5, 0.6) is 11.5 Å². The van der Waals surface area contributed by atoms with Crippen LogP contribution in [0.3, 0.4) is 0 Å². The van der Waals surface area contributed by atoms with E-state index in [2.05, 4.69) is 12.1 Å². The van der Waals surface area contributed by atoms with Crippen molar-refractivity contribution in [1.29, 1.82) is 5.26 Å². The number of ether oxygens (including phenoxy) is 2. The van der Waals surface area contributed by atoms with E-state index in [0.717, 1.165) is 54.2 Å². The molecule has 0 N–H and O–H groups in total. The molecule has 2 aliphatic rings. The Morgan fingerprint density at radius 2 is 1.90 bits per heavy atom. The molecule has 5 nitrogen and oxygen atoms in total. The Bertz CT molecular complexity index is 907. The first-order valence-electron chi connectivity index (χ1n) is 10.0. The zero-order valence-electron chi connectivity index (χ0n) is 16.3. The van der Waals surface area contributed by atoms with Gasteiger partial charge in [0.05, 0.1) is 36.6 Å². The van der Waals surface area contributed by atoms with Crippen molar-refractivity contribution in [2.45, 2.75) is 31.1 Å². The number of hydrogen-bond acceptors (Lipinski definition) is 5. The van der Waals surface area contributed by atoms with Crippen molar-refractivity contribution in [2.75, 3.05) is 25.5 Å². The van der Waals surface area contributed by atoms with Crippen molar-refractivity contribution in [3.63, 3.8) is 0 Å². The minimum Gasteiger partial charge on any atom is -0.490 e. The SMILES string of the molecule is N#Cc1ccc(CSCC(=O)N2CCC[C@H]2c2ccc3c(c2)OCCCO3)cc1. The Morgan fingerprint density at radius 1 is 1.10 bits per heavy atom. The van der Waals surface area contributed by atoms with E-state index in [0.29, 0.717) is 24.5 Å². The van der Waals surface area contributed by atoms with Gasteiger partial charge in [-0.25, -0.2) is 0 Å². The third-order valence-corrected chi connectivity index (χ3v) is 6.30. The molecule has 0 saturated carbocycles. The molecule has 1 saturated heterocycles. The van der Waals surface area contributed by atoms with Gasteiger partial charge in [0, 0.05) is 18.7 Å². The smallest absolute Gasteiger partial charge is 0.233 e. The zero-order valence-corrected chi connectivity index (χ0v) is 17.1. The van der Waals surface area contributed by atoms with Crippen molar-refractivity contribution in [3.8, 4) is 17.6 Å². The van der Waals surface area contributed by atoms with Crippen molar-refractivity contribution in [1.82, 2.24) is 4.90 Å². The second-order valence-electron chi connectivity index (χ2n) is 7.30. The maximum Gasteiger partial charge on any atom is 0.233 e. The third-order valence-electron chi connectivity index (χ3n) is 5.31. The summed E-state index contributed by atoms with van der Waals surface area (Å²) in [5, 5.41) is 8.88. The molecule has 1 fully saturated rings. The monoisotopic (exact) mass is 408 g/mol. The zero-order chi connectivity index (χ0) is 20.1. The lowest BCUT2D eigenvalue weighted by molar-refractivity contribution is -0.129. The van der Waals surface area contributed by atoms with E-state index in [1.165, 1.54) is 0 Å². The number of nitrogens with zero attached hydrogens (tertiary/aromatic N) is 2. The van der Waals surface area contributed by atoms with Crippen LogP contribution >= 0.6 is 11.8 Å². The van der Waals surface area contributed by atoms with Crippen LogP contribution in [-0.2, 0) is 10.5 Å². The van der Waals surface area contributed by atoms with Crippen LogP contribution in [0, 0.1) is 11.3 Å². The molecule has 2 aromatic carbocycles. The van der Waals surface area contributed by atoms with Crippen molar-refractivity contribution >= 4 is 17.7 Å². The lowest BCUT2D eigenvalue weighted by Crippen LogP contribution is -2.32. The Balaban J connectivity index is 1.37. The first-order chi connectivity index (χ1) is 14.2. The Hall–Kier alpha value is -2.65. The van der Waals surface area contributed by atoms with Gasteiger partial charge in [0.1, 0.15) is 0 Å². The Morgan fingerprint density at radius 3 is 2.69 bits per heavy atom. The quantitative estimate of drug-likeness (QED) is 0.737.